The molecule has 26 heavy (non-hydrogen) atoms. The van der Waals surface area contributed by atoms with Gasteiger partial charge in [0.15, 0.2) is 5.96 Å². The molecule has 0 aromatic carbocycles. The molecule has 1 aliphatic rings. The second kappa shape index (κ2) is 9.95. The molecule has 1 aliphatic heterocycles. The van der Waals surface area contributed by atoms with Crippen molar-refractivity contribution in [1.29, 1.82) is 0 Å². The van der Waals surface area contributed by atoms with Gasteiger partial charge in [0, 0.05) is 38.4 Å². The molecule has 6 nitrogen and oxygen atoms in total. The lowest BCUT2D eigenvalue weighted by Gasteiger charge is -2.21. The summed E-state index contributed by atoms with van der Waals surface area (Å²) >= 11 is 0. The lowest BCUT2D eigenvalue weighted by Crippen LogP contribution is -2.43. The predicted molar refractivity (Wildman–Crippen MR) is 110 cm³/mol. The average molecular weight is 363 g/mol. The van der Waals surface area contributed by atoms with Crippen LogP contribution in [0.3, 0.4) is 0 Å². The van der Waals surface area contributed by atoms with Crippen LogP contribution < -0.4 is 10.6 Å². The minimum Gasteiger partial charge on any atom is -0.357 e. The number of aryl methyl sites for hydroxylation is 2. The summed E-state index contributed by atoms with van der Waals surface area (Å²) in [5.41, 5.74) is 3.71. The lowest BCUT2D eigenvalue weighted by atomic mass is 10.1. The van der Waals surface area contributed by atoms with E-state index in [4.69, 9.17) is 4.99 Å². The Hall–Kier alpha value is -1.56. The molecule has 2 rings (SSSR count). The fraction of sp³-hybridized carbons (Fsp3) is 0.800. The first kappa shape index (κ1) is 20.7. The highest BCUT2D eigenvalue weighted by Gasteiger charge is 2.16. The van der Waals surface area contributed by atoms with E-state index in [0.717, 1.165) is 37.7 Å². The Labute approximate surface area is 159 Å². The van der Waals surface area contributed by atoms with Crippen LogP contribution in [0.5, 0.6) is 0 Å². The van der Waals surface area contributed by atoms with Crippen LogP contribution in [0.1, 0.15) is 50.6 Å². The first-order valence-corrected chi connectivity index (χ1v) is 10.2. The van der Waals surface area contributed by atoms with Crippen LogP contribution in [0, 0.1) is 19.8 Å². The zero-order valence-corrected chi connectivity index (χ0v) is 17.6. The van der Waals surface area contributed by atoms with Crippen LogP contribution in [0.25, 0.3) is 0 Å². The van der Waals surface area contributed by atoms with Crippen molar-refractivity contribution in [1.82, 2.24) is 25.3 Å². The summed E-state index contributed by atoms with van der Waals surface area (Å²) in [5.74, 6) is 1.51. The standard InChI is InChI=1S/C20H38N6/c1-7-21-20(22-13-15(2)14-26-10-8-9-11-26)23-16(3)12-19-17(4)24-25(6)18(19)5/h15-16H,7-14H2,1-6H3,(H2,21,22,23). The Morgan fingerprint density at radius 2 is 1.92 bits per heavy atom. The molecule has 2 N–H and O–H groups in total. The van der Waals surface area contributed by atoms with Crippen molar-refractivity contribution in [2.24, 2.45) is 18.0 Å². The highest BCUT2D eigenvalue weighted by molar-refractivity contribution is 5.80. The van der Waals surface area contributed by atoms with Crippen molar-refractivity contribution in [2.75, 3.05) is 32.7 Å². The summed E-state index contributed by atoms with van der Waals surface area (Å²) < 4.78 is 1.97. The molecular formula is C20H38N6. The minimum absolute atomic E-state index is 0.309. The third-order valence-electron chi connectivity index (χ3n) is 5.23. The molecule has 0 amide bonds. The van der Waals surface area contributed by atoms with Crippen molar-refractivity contribution in [2.45, 2.75) is 59.9 Å². The second-order valence-electron chi connectivity index (χ2n) is 7.86. The Kier molecular flexibility index (Phi) is 7.94. The van der Waals surface area contributed by atoms with Gasteiger partial charge in [0.1, 0.15) is 0 Å². The predicted octanol–water partition coefficient (Wildman–Crippen LogP) is 2.25. The first-order chi connectivity index (χ1) is 12.4. The van der Waals surface area contributed by atoms with E-state index >= 15 is 0 Å². The molecule has 1 aromatic heterocycles. The van der Waals surface area contributed by atoms with Crippen molar-refractivity contribution in [3.05, 3.63) is 17.0 Å². The average Bonchev–Trinajstić information content (AvgIpc) is 3.17. The Morgan fingerprint density at radius 1 is 1.23 bits per heavy atom. The minimum atomic E-state index is 0.309. The Morgan fingerprint density at radius 3 is 2.50 bits per heavy atom. The molecule has 6 heteroatoms. The van der Waals surface area contributed by atoms with Gasteiger partial charge in [-0.15, -0.1) is 0 Å². The van der Waals surface area contributed by atoms with Crippen LogP contribution in [-0.4, -0.2) is 59.4 Å². The quantitative estimate of drug-likeness (QED) is 0.550. The maximum Gasteiger partial charge on any atom is 0.191 e. The third kappa shape index (κ3) is 6.01. The van der Waals surface area contributed by atoms with Crippen molar-refractivity contribution >= 4 is 5.96 Å². The number of rotatable bonds is 8. The van der Waals surface area contributed by atoms with Crippen LogP contribution in [0.4, 0.5) is 0 Å². The van der Waals surface area contributed by atoms with Crippen LogP contribution in [0.15, 0.2) is 4.99 Å². The van der Waals surface area contributed by atoms with E-state index < -0.39 is 0 Å². The molecule has 0 bridgehead atoms. The monoisotopic (exact) mass is 362 g/mol. The maximum atomic E-state index is 4.83. The van der Waals surface area contributed by atoms with E-state index in [-0.39, 0.29) is 0 Å². The molecular weight excluding hydrogens is 324 g/mol. The van der Waals surface area contributed by atoms with Crippen LogP contribution >= 0.6 is 0 Å². The Bertz CT molecular complexity index is 585. The number of nitrogens with one attached hydrogen (secondary N) is 2. The fourth-order valence-corrected chi connectivity index (χ4v) is 3.73. The molecule has 1 fully saturated rings. The van der Waals surface area contributed by atoms with E-state index in [1.165, 1.54) is 37.2 Å². The topological polar surface area (TPSA) is 57.5 Å². The smallest absolute Gasteiger partial charge is 0.191 e. The normalized spacial score (nSPS) is 18.2. The zero-order chi connectivity index (χ0) is 19.1. The van der Waals surface area contributed by atoms with Gasteiger partial charge in [-0.25, -0.2) is 0 Å². The summed E-state index contributed by atoms with van der Waals surface area (Å²) in [6.45, 7) is 16.3. The highest BCUT2D eigenvalue weighted by Crippen LogP contribution is 2.14. The first-order valence-electron chi connectivity index (χ1n) is 10.2. The number of aliphatic imine (C=N–C) groups is 1. The summed E-state index contributed by atoms with van der Waals surface area (Å²) in [6, 6.07) is 0.309. The Balaban J connectivity index is 1.88. The van der Waals surface area contributed by atoms with Gasteiger partial charge >= 0.3 is 0 Å². The number of nitrogens with zero attached hydrogens (tertiary/aromatic N) is 4. The molecule has 1 saturated heterocycles. The number of guanidine groups is 1. The number of aromatic nitrogens is 2. The SMILES string of the molecule is CCNC(=NCC(C)CN1CCCC1)NC(C)Cc1c(C)nn(C)c1C. The maximum absolute atomic E-state index is 4.83. The summed E-state index contributed by atoms with van der Waals surface area (Å²) in [4.78, 5) is 7.40. The molecule has 0 aliphatic carbocycles. The van der Waals surface area contributed by atoms with E-state index in [1.54, 1.807) is 0 Å². The van der Waals surface area contributed by atoms with Gasteiger partial charge in [0.05, 0.1) is 5.69 Å². The number of hydrogen-bond donors (Lipinski definition) is 2. The van der Waals surface area contributed by atoms with Gasteiger partial charge in [-0.2, -0.15) is 5.10 Å². The van der Waals surface area contributed by atoms with Gasteiger partial charge in [0.2, 0.25) is 0 Å². The van der Waals surface area contributed by atoms with Gasteiger partial charge in [-0.1, -0.05) is 6.92 Å². The molecule has 2 unspecified atom stereocenters. The summed E-state index contributed by atoms with van der Waals surface area (Å²) in [6.07, 6.45) is 3.66. The lowest BCUT2D eigenvalue weighted by molar-refractivity contribution is 0.291. The highest BCUT2D eigenvalue weighted by atomic mass is 15.3. The molecule has 2 atom stereocenters. The van der Waals surface area contributed by atoms with Crippen molar-refractivity contribution < 1.29 is 0 Å². The largest absolute Gasteiger partial charge is 0.357 e. The number of hydrogen-bond acceptors (Lipinski definition) is 3. The van der Waals surface area contributed by atoms with Crippen molar-refractivity contribution in [3.8, 4) is 0 Å². The van der Waals surface area contributed by atoms with E-state index in [0.29, 0.717) is 12.0 Å². The molecule has 0 spiro atoms. The molecule has 148 valence electrons. The third-order valence-corrected chi connectivity index (χ3v) is 5.23. The van der Waals surface area contributed by atoms with Crippen molar-refractivity contribution in [3.63, 3.8) is 0 Å². The molecule has 0 radical (unpaired) electrons. The van der Waals surface area contributed by atoms with Gasteiger partial charge < -0.3 is 15.5 Å². The van der Waals surface area contributed by atoms with Crippen LogP contribution in [-0.2, 0) is 13.5 Å². The summed E-state index contributed by atoms with van der Waals surface area (Å²) in [5, 5.41) is 11.5. The van der Waals surface area contributed by atoms with Gasteiger partial charge in [0.25, 0.3) is 0 Å². The van der Waals surface area contributed by atoms with Gasteiger partial charge in [-0.3, -0.25) is 9.67 Å². The molecule has 0 saturated carbocycles. The summed E-state index contributed by atoms with van der Waals surface area (Å²) in [7, 11) is 2.01. The van der Waals surface area contributed by atoms with E-state index in [9.17, 15) is 0 Å². The fourth-order valence-electron chi connectivity index (χ4n) is 3.73. The van der Waals surface area contributed by atoms with Crippen LogP contribution in [0.2, 0.25) is 0 Å². The number of likely N-dealkylation sites (tertiary alicyclic amines) is 1. The molecule has 1 aromatic rings. The second-order valence-corrected chi connectivity index (χ2v) is 7.86. The van der Waals surface area contributed by atoms with Gasteiger partial charge in [-0.05, 0) is 71.5 Å². The zero-order valence-electron chi connectivity index (χ0n) is 17.6. The van der Waals surface area contributed by atoms with E-state index in [1.807, 2.05) is 11.7 Å². The van der Waals surface area contributed by atoms with E-state index in [2.05, 4.69) is 55.3 Å². The molecule has 2 heterocycles.